The summed E-state index contributed by atoms with van der Waals surface area (Å²) in [6, 6.07) is -2.79. The zero-order valence-electron chi connectivity index (χ0n) is 12.5. The maximum atomic E-state index is 13.6. The lowest BCUT2D eigenvalue weighted by atomic mass is 10.1. The van der Waals surface area contributed by atoms with Crippen LogP contribution >= 0.6 is 15.9 Å². The number of carbonyl (C=O) groups excluding carboxylic acids is 1. The van der Waals surface area contributed by atoms with E-state index in [1.54, 1.807) is 0 Å². The molecule has 0 spiro atoms. The standard InChI is InChI=1S/C15H28BrFO3/c1-2-3-4-9-12-15(17,19)20-14(18)11-8-6-5-7-10-13-16/h19H,2-13H2,1H3. The number of alkyl halides is 2. The Balaban J connectivity index is 3.61. The first-order valence-electron chi connectivity index (χ1n) is 7.71. The number of aliphatic hydroxyl groups is 1. The van der Waals surface area contributed by atoms with Crippen molar-refractivity contribution in [2.24, 2.45) is 0 Å². The largest absolute Gasteiger partial charge is 0.404 e. The fraction of sp³-hybridized carbons (Fsp3) is 0.933. The molecular weight excluding hydrogens is 327 g/mol. The number of ether oxygens (including phenoxy) is 1. The third kappa shape index (κ3) is 12.9. The summed E-state index contributed by atoms with van der Waals surface area (Å²) in [5, 5.41) is 10.3. The van der Waals surface area contributed by atoms with Gasteiger partial charge in [-0.25, -0.2) is 0 Å². The molecule has 0 fully saturated rings. The van der Waals surface area contributed by atoms with Crippen molar-refractivity contribution in [1.82, 2.24) is 0 Å². The molecule has 1 unspecified atom stereocenters. The first-order chi connectivity index (χ1) is 9.52. The van der Waals surface area contributed by atoms with Gasteiger partial charge < -0.3 is 9.84 Å². The van der Waals surface area contributed by atoms with Crippen LogP contribution in [-0.2, 0) is 9.53 Å². The predicted octanol–water partition coefficient (Wildman–Crippen LogP) is 4.85. The number of esters is 1. The molecule has 0 amide bonds. The maximum Gasteiger partial charge on any atom is 0.362 e. The highest BCUT2D eigenvalue weighted by Crippen LogP contribution is 2.20. The molecule has 0 aliphatic rings. The van der Waals surface area contributed by atoms with Crippen LogP contribution in [0.2, 0.25) is 0 Å². The Kier molecular flexibility index (Phi) is 12.5. The zero-order valence-corrected chi connectivity index (χ0v) is 14.1. The van der Waals surface area contributed by atoms with Gasteiger partial charge >= 0.3 is 12.0 Å². The Morgan fingerprint density at radius 1 is 1.10 bits per heavy atom. The molecule has 20 heavy (non-hydrogen) atoms. The number of carbonyl (C=O) groups is 1. The molecule has 0 aliphatic carbocycles. The van der Waals surface area contributed by atoms with E-state index in [0.29, 0.717) is 12.8 Å². The molecule has 0 aliphatic heterocycles. The molecule has 5 heteroatoms. The molecule has 0 aromatic carbocycles. The Morgan fingerprint density at radius 2 is 1.70 bits per heavy atom. The monoisotopic (exact) mass is 354 g/mol. The van der Waals surface area contributed by atoms with Gasteiger partial charge in [-0.05, 0) is 19.3 Å². The first-order valence-corrected chi connectivity index (χ1v) is 8.83. The number of hydrogen-bond acceptors (Lipinski definition) is 3. The van der Waals surface area contributed by atoms with Gasteiger partial charge in [0.1, 0.15) is 0 Å². The smallest absolute Gasteiger partial charge is 0.362 e. The zero-order chi connectivity index (χ0) is 15.3. The fourth-order valence-corrected chi connectivity index (χ4v) is 2.34. The van der Waals surface area contributed by atoms with Gasteiger partial charge in [0.2, 0.25) is 0 Å². The van der Waals surface area contributed by atoms with Gasteiger partial charge in [-0.2, -0.15) is 4.39 Å². The summed E-state index contributed by atoms with van der Waals surface area (Å²) < 4.78 is 18.0. The van der Waals surface area contributed by atoms with Crippen molar-refractivity contribution in [3.05, 3.63) is 0 Å². The molecule has 0 aromatic rings. The van der Waals surface area contributed by atoms with Crippen LogP contribution in [0.25, 0.3) is 0 Å². The summed E-state index contributed by atoms with van der Waals surface area (Å²) in [5.74, 6) is -0.647. The van der Waals surface area contributed by atoms with Gasteiger partial charge in [-0.3, -0.25) is 4.79 Å². The number of halogens is 2. The van der Waals surface area contributed by atoms with Crippen LogP contribution < -0.4 is 0 Å². The second-order valence-electron chi connectivity index (χ2n) is 5.18. The fourth-order valence-electron chi connectivity index (χ4n) is 1.94. The molecular formula is C15H28BrFO3. The summed E-state index contributed by atoms with van der Waals surface area (Å²) in [6.07, 6.45) is 8.40. The predicted molar refractivity (Wildman–Crippen MR) is 82.4 cm³/mol. The van der Waals surface area contributed by atoms with E-state index in [-0.39, 0.29) is 12.8 Å². The second-order valence-corrected chi connectivity index (χ2v) is 5.97. The summed E-state index contributed by atoms with van der Waals surface area (Å²) in [5.41, 5.74) is 0. The molecule has 0 rings (SSSR count). The van der Waals surface area contributed by atoms with Crippen molar-refractivity contribution >= 4 is 21.9 Å². The molecule has 0 aromatic heterocycles. The SMILES string of the molecule is CCCCCCC(O)(F)OC(=O)CCCCCCCBr. The molecule has 0 bridgehead atoms. The van der Waals surface area contributed by atoms with Crippen LogP contribution in [0, 0.1) is 0 Å². The minimum absolute atomic E-state index is 0.135. The van der Waals surface area contributed by atoms with Gasteiger partial charge in [-0.1, -0.05) is 61.4 Å². The highest BCUT2D eigenvalue weighted by molar-refractivity contribution is 9.09. The summed E-state index contributed by atoms with van der Waals surface area (Å²) in [7, 11) is 0. The van der Waals surface area contributed by atoms with Gasteiger partial charge in [0, 0.05) is 18.2 Å². The summed E-state index contributed by atoms with van der Waals surface area (Å²) in [4.78, 5) is 11.4. The van der Waals surface area contributed by atoms with Crippen molar-refractivity contribution < 1.29 is 19.0 Å². The first kappa shape index (κ1) is 19.8. The van der Waals surface area contributed by atoms with Crippen LogP contribution in [-0.4, -0.2) is 22.4 Å². The van der Waals surface area contributed by atoms with Gasteiger partial charge in [0.05, 0.1) is 0 Å². The van der Waals surface area contributed by atoms with Crippen molar-refractivity contribution in [2.45, 2.75) is 83.6 Å². The van der Waals surface area contributed by atoms with Crippen molar-refractivity contribution in [3.63, 3.8) is 0 Å². The molecule has 0 heterocycles. The normalized spacial score (nSPS) is 14.0. The van der Waals surface area contributed by atoms with Crippen LogP contribution in [0.15, 0.2) is 0 Å². The van der Waals surface area contributed by atoms with E-state index >= 15 is 0 Å². The van der Waals surface area contributed by atoms with Gasteiger partial charge in [-0.15, -0.1) is 0 Å². The Bertz CT molecular complexity index is 247. The minimum atomic E-state index is -2.79. The molecule has 3 nitrogen and oxygen atoms in total. The Labute approximate surface area is 130 Å². The number of unbranched alkanes of at least 4 members (excludes halogenated alkanes) is 7. The summed E-state index contributed by atoms with van der Waals surface area (Å²) in [6.45, 7) is 2.06. The molecule has 0 saturated heterocycles. The van der Waals surface area contributed by atoms with Crippen molar-refractivity contribution in [3.8, 4) is 0 Å². The van der Waals surface area contributed by atoms with Crippen LogP contribution in [0.3, 0.4) is 0 Å². The summed E-state index contributed by atoms with van der Waals surface area (Å²) >= 11 is 3.36. The molecule has 120 valence electrons. The minimum Gasteiger partial charge on any atom is -0.404 e. The van der Waals surface area contributed by atoms with E-state index in [1.165, 1.54) is 0 Å². The van der Waals surface area contributed by atoms with Crippen molar-refractivity contribution in [1.29, 1.82) is 0 Å². The van der Waals surface area contributed by atoms with E-state index in [0.717, 1.165) is 50.3 Å². The molecule has 0 saturated carbocycles. The number of rotatable bonds is 13. The third-order valence-electron chi connectivity index (χ3n) is 3.12. The van der Waals surface area contributed by atoms with Crippen LogP contribution in [0.4, 0.5) is 4.39 Å². The Morgan fingerprint density at radius 3 is 2.35 bits per heavy atom. The van der Waals surface area contributed by atoms with Crippen LogP contribution in [0.5, 0.6) is 0 Å². The van der Waals surface area contributed by atoms with E-state index in [2.05, 4.69) is 27.6 Å². The molecule has 0 radical (unpaired) electrons. The number of hydrogen-bond donors (Lipinski definition) is 1. The second kappa shape index (κ2) is 12.6. The topological polar surface area (TPSA) is 46.5 Å². The third-order valence-corrected chi connectivity index (χ3v) is 3.68. The van der Waals surface area contributed by atoms with Gasteiger partial charge in [0.15, 0.2) is 0 Å². The van der Waals surface area contributed by atoms with E-state index in [4.69, 9.17) is 0 Å². The van der Waals surface area contributed by atoms with Crippen LogP contribution in [0.1, 0.15) is 77.6 Å². The lowest BCUT2D eigenvalue weighted by molar-refractivity contribution is -0.278. The highest BCUT2D eigenvalue weighted by atomic mass is 79.9. The quantitative estimate of drug-likeness (QED) is 0.222. The maximum absolute atomic E-state index is 13.6. The molecule has 1 atom stereocenters. The average Bonchev–Trinajstić information content (AvgIpc) is 2.38. The van der Waals surface area contributed by atoms with E-state index in [1.807, 2.05) is 0 Å². The Hall–Kier alpha value is -0.160. The lowest BCUT2D eigenvalue weighted by Gasteiger charge is -2.18. The van der Waals surface area contributed by atoms with E-state index in [9.17, 15) is 14.3 Å². The van der Waals surface area contributed by atoms with Crippen molar-refractivity contribution in [2.75, 3.05) is 5.33 Å². The molecule has 1 N–H and O–H groups in total. The van der Waals surface area contributed by atoms with Gasteiger partial charge in [0.25, 0.3) is 0 Å². The highest BCUT2D eigenvalue weighted by Gasteiger charge is 2.29. The average molecular weight is 355 g/mol. The lowest BCUT2D eigenvalue weighted by Crippen LogP contribution is -2.29. The van der Waals surface area contributed by atoms with E-state index < -0.39 is 12.0 Å².